The van der Waals surface area contributed by atoms with Crippen LogP contribution >= 0.6 is 0 Å². The van der Waals surface area contributed by atoms with Gasteiger partial charge < -0.3 is 14.9 Å². The largest absolute Gasteiger partial charge is 0.356 e. The lowest BCUT2D eigenvalue weighted by molar-refractivity contribution is -0.121. The Kier molecular flexibility index (Phi) is 5.53. The molecule has 0 atom stereocenters. The smallest absolute Gasteiger partial charge is 0.220 e. The molecule has 2 N–H and O–H groups in total. The van der Waals surface area contributed by atoms with Crippen molar-refractivity contribution >= 4 is 16.8 Å². The van der Waals surface area contributed by atoms with Gasteiger partial charge in [0.2, 0.25) is 5.91 Å². The van der Waals surface area contributed by atoms with Gasteiger partial charge in [-0.25, -0.2) is 4.98 Å². The van der Waals surface area contributed by atoms with Crippen LogP contribution in [0.15, 0.2) is 43.0 Å². The van der Waals surface area contributed by atoms with Crippen LogP contribution < -0.4 is 5.32 Å². The van der Waals surface area contributed by atoms with Gasteiger partial charge in [-0.2, -0.15) is 0 Å². The molecule has 0 fully saturated rings. The molecule has 0 aliphatic heterocycles. The van der Waals surface area contributed by atoms with Crippen molar-refractivity contribution in [1.82, 2.24) is 19.9 Å². The van der Waals surface area contributed by atoms with Crippen molar-refractivity contribution in [3.63, 3.8) is 0 Å². The summed E-state index contributed by atoms with van der Waals surface area (Å²) in [4.78, 5) is 19.0. The molecule has 0 radical (unpaired) electrons. The lowest BCUT2D eigenvalue weighted by atomic mass is 10.1. The van der Waals surface area contributed by atoms with Crippen LogP contribution in [-0.4, -0.2) is 27.0 Å². The number of rotatable bonds is 8. The van der Waals surface area contributed by atoms with Gasteiger partial charge in [0.1, 0.15) is 0 Å². The zero-order valence-corrected chi connectivity index (χ0v) is 15.0. The van der Waals surface area contributed by atoms with Gasteiger partial charge >= 0.3 is 0 Å². The van der Waals surface area contributed by atoms with E-state index in [0.29, 0.717) is 19.0 Å². The quantitative estimate of drug-likeness (QED) is 0.659. The Morgan fingerprint density at radius 2 is 2.12 bits per heavy atom. The Hall–Kier alpha value is -2.56. The molecule has 132 valence electrons. The van der Waals surface area contributed by atoms with E-state index in [-0.39, 0.29) is 5.91 Å². The Balaban J connectivity index is 1.50. The first kappa shape index (κ1) is 17.3. The predicted molar refractivity (Wildman–Crippen MR) is 101 cm³/mol. The van der Waals surface area contributed by atoms with Crippen molar-refractivity contribution in [2.75, 3.05) is 6.54 Å². The molecular formula is C20H26N4O. The molecule has 3 aromatic rings. The number of hydrogen-bond acceptors (Lipinski definition) is 2. The number of fused-ring (bicyclic) bond motifs is 1. The maximum Gasteiger partial charge on any atom is 0.220 e. The molecule has 0 spiro atoms. The van der Waals surface area contributed by atoms with E-state index in [1.807, 2.05) is 0 Å². The molecule has 25 heavy (non-hydrogen) atoms. The van der Waals surface area contributed by atoms with E-state index in [1.165, 1.54) is 16.5 Å². The van der Waals surface area contributed by atoms with Gasteiger partial charge in [-0.3, -0.25) is 4.79 Å². The number of H-pyrrole nitrogens is 1. The summed E-state index contributed by atoms with van der Waals surface area (Å²) in [5, 5.41) is 4.28. The van der Waals surface area contributed by atoms with Gasteiger partial charge in [0.25, 0.3) is 0 Å². The monoisotopic (exact) mass is 338 g/mol. The molecule has 0 aliphatic carbocycles. The summed E-state index contributed by atoms with van der Waals surface area (Å²) in [6.45, 7) is 5.04. The third-order valence-corrected chi connectivity index (χ3v) is 4.50. The fourth-order valence-electron chi connectivity index (χ4n) is 3.19. The van der Waals surface area contributed by atoms with Crippen molar-refractivity contribution in [2.45, 2.75) is 45.6 Å². The Morgan fingerprint density at radius 3 is 2.88 bits per heavy atom. The highest BCUT2D eigenvalue weighted by atomic mass is 16.1. The summed E-state index contributed by atoms with van der Waals surface area (Å²) < 4.78 is 2.31. The number of hydrogen-bond donors (Lipinski definition) is 2. The summed E-state index contributed by atoms with van der Waals surface area (Å²) in [6, 6.07) is 8.94. The van der Waals surface area contributed by atoms with Crippen molar-refractivity contribution < 1.29 is 4.79 Å². The number of amides is 1. The Labute approximate surface area is 148 Å². The first-order chi connectivity index (χ1) is 12.1. The van der Waals surface area contributed by atoms with E-state index in [2.05, 4.69) is 64.2 Å². The van der Waals surface area contributed by atoms with Gasteiger partial charge in [-0.1, -0.05) is 18.2 Å². The summed E-state index contributed by atoms with van der Waals surface area (Å²) >= 11 is 0. The molecule has 5 heteroatoms. The highest BCUT2D eigenvalue weighted by Crippen LogP contribution is 2.25. The van der Waals surface area contributed by atoms with Crippen molar-refractivity contribution in [3.8, 4) is 0 Å². The summed E-state index contributed by atoms with van der Waals surface area (Å²) in [6.07, 6.45) is 8.82. The topological polar surface area (TPSA) is 62.7 Å². The van der Waals surface area contributed by atoms with Gasteiger partial charge in [-0.05, 0) is 38.3 Å². The van der Waals surface area contributed by atoms with Crippen molar-refractivity contribution in [3.05, 3.63) is 54.2 Å². The van der Waals surface area contributed by atoms with E-state index in [9.17, 15) is 4.79 Å². The maximum absolute atomic E-state index is 12.0. The minimum absolute atomic E-state index is 0.118. The van der Waals surface area contributed by atoms with Crippen LogP contribution in [-0.2, 0) is 17.6 Å². The molecule has 0 saturated carbocycles. The van der Waals surface area contributed by atoms with Crippen LogP contribution in [0.25, 0.3) is 10.9 Å². The van der Waals surface area contributed by atoms with Crippen LogP contribution in [0.1, 0.15) is 44.0 Å². The standard InChI is InChI=1S/C20H26N4O/c1-15(2)24-13-16(18-7-3-4-8-19(18)24)6-5-9-20(25)22-11-10-17-12-21-14-23-17/h3-4,7-8,12-15H,5-6,9-11H2,1-2H3,(H,21,23)(H,22,25). The van der Waals surface area contributed by atoms with E-state index < -0.39 is 0 Å². The first-order valence-corrected chi connectivity index (χ1v) is 8.97. The Morgan fingerprint density at radius 1 is 1.28 bits per heavy atom. The highest BCUT2D eigenvalue weighted by Gasteiger charge is 2.10. The molecule has 0 bridgehead atoms. The molecule has 0 unspecified atom stereocenters. The zero-order chi connectivity index (χ0) is 17.6. The summed E-state index contributed by atoms with van der Waals surface area (Å²) in [7, 11) is 0. The molecule has 1 aromatic carbocycles. The average molecular weight is 338 g/mol. The molecular weight excluding hydrogens is 312 g/mol. The fraction of sp³-hybridized carbons (Fsp3) is 0.400. The first-order valence-electron chi connectivity index (χ1n) is 8.97. The minimum atomic E-state index is 0.118. The number of carbonyl (C=O) groups is 1. The van der Waals surface area contributed by atoms with Crippen LogP contribution in [0, 0.1) is 0 Å². The van der Waals surface area contributed by atoms with E-state index in [1.54, 1.807) is 12.5 Å². The summed E-state index contributed by atoms with van der Waals surface area (Å²) in [5.41, 5.74) is 3.65. The number of para-hydroxylation sites is 1. The van der Waals surface area contributed by atoms with Gasteiger partial charge in [0.15, 0.2) is 0 Å². The van der Waals surface area contributed by atoms with Crippen LogP contribution in [0.5, 0.6) is 0 Å². The number of imidazole rings is 1. The van der Waals surface area contributed by atoms with Crippen LogP contribution in [0.2, 0.25) is 0 Å². The van der Waals surface area contributed by atoms with E-state index in [4.69, 9.17) is 0 Å². The number of nitrogens with zero attached hydrogens (tertiary/aromatic N) is 2. The third kappa shape index (κ3) is 4.29. The number of aryl methyl sites for hydroxylation is 1. The van der Waals surface area contributed by atoms with Crippen LogP contribution in [0.4, 0.5) is 0 Å². The minimum Gasteiger partial charge on any atom is -0.356 e. The lowest BCUT2D eigenvalue weighted by Crippen LogP contribution is -2.25. The number of nitrogens with one attached hydrogen (secondary N) is 2. The number of aromatic amines is 1. The fourth-order valence-corrected chi connectivity index (χ4v) is 3.19. The zero-order valence-electron chi connectivity index (χ0n) is 15.0. The average Bonchev–Trinajstić information content (AvgIpc) is 3.23. The number of aromatic nitrogens is 3. The van der Waals surface area contributed by atoms with Crippen molar-refractivity contribution in [2.24, 2.45) is 0 Å². The third-order valence-electron chi connectivity index (χ3n) is 4.50. The van der Waals surface area contributed by atoms with Gasteiger partial charge in [0.05, 0.1) is 6.33 Å². The molecule has 1 amide bonds. The molecule has 2 heterocycles. The molecule has 0 saturated heterocycles. The van der Waals surface area contributed by atoms with Gasteiger partial charge in [0, 0.05) is 54.4 Å². The second-order valence-electron chi connectivity index (χ2n) is 6.70. The normalized spacial score (nSPS) is 11.3. The number of carbonyl (C=O) groups excluding carboxylic acids is 1. The lowest BCUT2D eigenvalue weighted by Gasteiger charge is -2.08. The molecule has 2 aromatic heterocycles. The van der Waals surface area contributed by atoms with Crippen molar-refractivity contribution in [1.29, 1.82) is 0 Å². The van der Waals surface area contributed by atoms with E-state index in [0.717, 1.165) is 25.0 Å². The molecule has 5 nitrogen and oxygen atoms in total. The number of benzene rings is 1. The highest BCUT2D eigenvalue weighted by molar-refractivity contribution is 5.84. The Bertz CT molecular complexity index is 817. The molecule has 3 rings (SSSR count). The predicted octanol–water partition coefficient (Wildman–Crippen LogP) is 3.63. The van der Waals surface area contributed by atoms with Gasteiger partial charge in [-0.15, -0.1) is 0 Å². The second-order valence-corrected chi connectivity index (χ2v) is 6.70. The molecule has 0 aliphatic rings. The van der Waals surface area contributed by atoms with E-state index >= 15 is 0 Å². The second kappa shape index (κ2) is 8.01. The SMILES string of the molecule is CC(C)n1cc(CCCC(=O)NCCc2cnc[nH]2)c2ccccc21. The maximum atomic E-state index is 12.0. The summed E-state index contributed by atoms with van der Waals surface area (Å²) in [5.74, 6) is 0.118. The van der Waals surface area contributed by atoms with Crippen LogP contribution in [0.3, 0.4) is 0 Å².